The summed E-state index contributed by atoms with van der Waals surface area (Å²) in [5, 5.41) is 0. The van der Waals surface area contributed by atoms with Gasteiger partial charge in [-0.25, -0.2) is 4.79 Å². The molecule has 0 bridgehead atoms. The summed E-state index contributed by atoms with van der Waals surface area (Å²) in [7, 11) is 3.49. The summed E-state index contributed by atoms with van der Waals surface area (Å²) < 4.78 is 4.69. The molecule has 1 fully saturated rings. The van der Waals surface area contributed by atoms with Crippen LogP contribution in [0.15, 0.2) is 24.3 Å². The number of hydrogen-bond donors (Lipinski definition) is 1. The standard InChI is InChI=1S/C14H20N2O2/c1-16-8-12(7-13(15)9-16)10-3-5-11(6-4-10)14(17)18-2/h3-6,12-13H,7-9,15H2,1-2H3/t12-,13+/m0/s1. The molecule has 0 aromatic heterocycles. The molecule has 1 saturated heterocycles. The molecule has 18 heavy (non-hydrogen) atoms. The molecule has 1 aromatic carbocycles. The number of carbonyl (C=O) groups is 1. The Kier molecular flexibility index (Phi) is 3.99. The van der Waals surface area contributed by atoms with Crippen molar-refractivity contribution in [1.29, 1.82) is 0 Å². The fourth-order valence-electron chi connectivity index (χ4n) is 2.62. The molecule has 0 amide bonds. The average molecular weight is 248 g/mol. The number of hydrogen-bond acceptors (Lipinski definition) is 4. The Morgan fingerprint density at radius 3 is 2.56 bits per heavy atom. The van der Waals surface area contributed by atoms with Gasteiger partial charge >= 0.3 is 5.97 Å². The highest BCUT2D eigenvalue weighted by molar-refractivity contribution is 5.89. The van der Waals surface area contributed by atoms with Gasteiger partial charge in [0.1, 0.15) is 0 Å². The monoisotopic (exact) mass is 248 g/mol. The Morgan fingerprint density at radius 2 is 2.00 bits per heavy atom. The van der Waals surface area contributed by atoms with Crippen molar-refractivity contribution in [3.63, 3.8) is 0 Å². The molecule has 98 valence electrons. The zero-order valence-corrected chi connectivity index (χ0v) is 10.9. The molecule has 2 rings (SSSR count). The van der Waals surface area contributed by atoms with E-state index in [1.807, 2.05) is 24.3 Å². The molecule has 1 heterocycles. The second kappa shape index (κ2) is 5.50. The lowest BCUT2D eigenvalue weighted by molar-refractivity contribution is 0.0600. The van der Waals surface area contributed by atoms with Crippen LogP contribution in [0.2, 0.25) is 0 Å². The molecule has 0 unspecified atom stereocenters. The highest BCUT2D eigenvalue weighted by atomic mass is 16.5. The summed E-state index contributed by atoms with van der Waals surface area (Å²) in [5.74, 6) is 0.157. The fraction of sp³-hybridized carbons (Fsp3) is 0.500. The van der Waals surface area contributed by atoms with E-state index in [1.165, 1.54) is 12.7 Å². The third kappa shape index (κ3) is 2.89. The molecule has 0 radical (unpaired) electrons. The van der Waals surface area contributed by atoms with Crippen LogP contribution >= 0.6 is 0 Å². The van der Waals surface area contributed by atoms with Crippen molar-refractivity contribution >= 4 is 5.97 Å². The quantitative estimate of drug-likeness (QED) is 0.800. The number of piperidine rings is 1. The van der Waals surface area contributed by atoms with Crippen molar-refractivity contribution < 1.29 is 9.53 Å². The first-order chi connectivity index (χ1) is 8.60. The number of likely N-dealkylation sites (N-methyl/N-ethyl adjacent to an activating group) is 1. The van der Waals surface area contributed by atoms with Crippen molar-refractivity contribution in [2.75, 3.05) is 27.2 Å². The molecule has 4 heteroatoms. The Hall–Kier alpha value is -1.39. The number of esters is 1. The predicted octanol–water partition coefficient (Wildman–Crippen LogP) is 1.22. The summed E-state index contributed by atoms with van der Waals surface area (Å²) in [6.45, 7) is 1.97. The zero-order chi connectivity index (χ0) is 13.1. The lowest BCUT2D eigenvalue weighted by Gasteiger charge is -2.34. The molecule has 0 aliphatic carbocycles. The molecule has 4 nitrogen and oxygen atoms in total. The van der Waals surface area contributed by atoms with Crippen molar-refractivity contribution in [3.05, 3.63) is 35.4 Å². The van der Waals surface area contributed by atoms with E-state index in [1.54, 1.807) is 0 Å². The van der Waals surface area contributed by atoms with Crippen LogP contribution in [0.1, 0.15) is 28.3 Å². The number of ether oxygens (including phenoxy) is 1. The molecule has 1 aliphatic rings. The summed E-state index contributed by atoms with van der Waals surface area (Å²) in [5.41, 5.74) is 7.87. The van der Waals surface area contributed by atoms with Crippen molar-refractivity contribution in [1.82, 2.24) is 4.90 Å². The van der Waals surface area contributed by atoms with Crippen LogP contribution < -0.4 is 5.73 Å². The molecule has 1 aliphatic heterocycles. The molecular weight excluding hydrogens is 228 g/mol. The largest absolute Gasteiger partial charge is 0.465 e. The van der Waals surface area contributed by atoms with Gasteiger partial charge < -0.3 is 15.4 Å². The number of carbonyl (C=O) groups excluding carboxylic acids is 1. The first-order valence-corrected chi connectivity index (χ1v) is 6.22. The van der Waals surface area contributed by atoms with Crippen LogP contribution in [0.3, 0.4) is 0 Å². The highest BCUT2D eigenvalue weighted by Gasteiger charge is 2.24. The van der Waals surface area contributed by atoms with Crippen molar-refractivity contribution in [2.45, 2.75) is 18.4 Å². The van der Waals surface area contributed by atoms with Crippen molar-refractivity contribution in [2.24, 2.45) is 5.73 Å². The third-order valence-corrected chi connectivity index (χ3v) is 3.47. The van der Waals surface area contributed by atoms with Gasteiger partial charge in [-0.15, -0.1) is 0 Å². The number of benzene rings is 1. The smallest absolute Gasteiger partial charge is 0.337 e. The number of nitrogens with zero attached hydrogens (tertiary/aromatic N) is 1. The van der Waals surface area contributed by atoms with Crippen LogP contribution in [0.4, 0.5) is 0 Å². The topological polar surface area (TPSA) is 55.6 Å². The Morgan fingerprint density at radius 1 is 1.33 bits per heavy atom. The van der Waals surface area contributed by atoms with Crippen LogP contribution in [-0.2, 0) is 4.74 Å². The second-order valence-electron chi connectivity index (χ2n) is 5.03. The lowest BCUT2D eigenvalue weighted by atomic mass is 9.88. The lowest BCUT2D eigenvalue weighted by Crippen LogP contribution is -2.44. The van der Waals surface area contributed by atoms with Gasteiger partial charge in [0.2, 0.25) is 0 Å². The minimum Gasteiger partial charge on any atom is -0.465 e. The van der Waals surface area contributed by atoms with E-state index in [0.29, 0.717) is 11.5 Å². The number of nitrogens with two attached hydrogens (primary N) is 1. The van der Waals surface area contributed by atoms with Gasteiger partial charge in [0.15, 0.2) is 0 Å². The minimum absolute atomic E-state index is 0.231. The Bertz CT molecular complexity index is 406. The molecular formula is C14H20N2O2. The van der Waals surface area contributed by atoms with E-state index in [9.17, 15) is 4.79 Å². The summed E-state index contributed by atoms with van der Waals surface area (Å²) in [6, 6.07) is 7.88. The van der Waals surface area contributed by atoms with Gasteiger partial charge in [0, 0.05) is 19.1 Å². The SMILES string of the molecule is COC(=O)c1ccc([C@H]2C[C@@H](N)CN(C)C2)cc1. The van der Waals surface area contributed by atoms with Crippen LogP contribution in [0.5, 0.6) is 0 Å². The first kappa shape index (κ1) is 13.1. The number of rotatable bonds is 2. The number of methoxy groups -OCH3 is 1. The molecule has 0 saturated carbocycles. The van der Waals surface area contributed by atoms with Crippen molar-refractivity contribution in [3.8, 4) is 0 Å². The maximum absolute atomic E-state index is 11.4. The van der Waals surface area contributed by atoms with E-state index in [-0.39, 0.29) is 12.0 Å². The second-order valence-corrected chi connectivity index (χ2v) is 5.03. The van der Waals surface area contributed by atoms with Gasteiger partial charge in [-0.1, -0.05) is 12.1 Å². The molecule has 2 N–H and O–H groups in total. The van der Waals surface area contributed by atoms with E-state index in [0.717, 1.165) is 19.5 Å². The predicted molar refractivity (Wildman–Crippen MR) is 70.6 cm³/mol. The van der Waals surface area contributed by atoms with E-state index >= 15 is 0 Å². The average Bonchev–Trinajstić information content (AvgIpc) is 2.37. The summed E-state index contributed by atoms with van der Waals surface area (Å²) >= 11 is 0. The molecule has 1 aromatic rings. The maximum atomic E-state index is 11.4. The van der Waals surface area contributed by atoms with E-state index < -0.39 is 0 Å². The maximum Gasteiger partial charge on any atom is 0.337 e. The van der Waals surface area contributed by atoms with Gasteiger partial charge in [0.25, 0.3) is 0 Å². The summed E-state index contributed by atoms with van der Waals surface area (Å²) in [4.78, 5) is 13.6. The highest BCUT2D eigenvalue weighted by Crippen LogP contribution is 2.26. The van der Waals surface area contributed by atoms with Gasteiger partial charge in [-0.2, -0.15) is 0 Å². The molecule has 0 spiro atoms. The van der Waals surface area contributed by atoms with Crippen LogP contribution in [-0.4, -0.2) is 44.2 Å². The molecule has 2 atom stereocenters. The first-order valence-electron chi connectivity index (χ1n) is 6.22. The number of likely N-dealkylation sites (tertiary alicyclic amines) is 1. The van der Waals surface area contributed by atoms with Gasteiger partial charge in [-0.3, -0.25) is 0 Å². The van der Waals surface area contributed by atoms with E-state index in [4.69, 9.17) is 5.73 Å². The minimum atomic E-state index is -0.293. The van der Waals surface area contributed by atoms with E-state index in [2.05, 4.69) is 16.7 Å². The Labute approximate surface area is 108 Å². The fourth-order valence-corrected chi connectivity index (χ4v) is 2.62. The van der Waals surface area contributed by atoms with Gasteiger partial charge in [-0.05, 0) is 37.1 Å². The van der Waals surface area contributed by atoms with Gasteiger partial charge in [0.05, 0.1) is 12.7 Å². The third-order valence-electron chi connectivity index (χ3n) is 3.47. The van der Waals surface area contributed by atoms with Crippen LogP contribution in [0.25, 0.3) is 0 Å². The normalized spacial score (nSPS) is 24.8. The zero-order valence-electron chi connectivity index (χ0n) is 10.9. The Balaban J connectivity index is 2.11. The van der Waals surface area contributed by atoms with Crippen LogP contribution in [0, 0.1) is 0 Å². The summed E-state index contributed by atoms with van der Waals surface area (Å²) in [6.07, 6.45) is 1.00.